The van der Waals surface area contributed by atoms with E-state index >= 15 is 0 Å². The Morgan fingerprint density at radius 3 is 0.824 bits per heavy atom. The van der Waals surface area contributed by atoms with Crippen LogP contribution in [0.5, 0.6) is 0 Å². The van der Waals surface area contributed by atoms with Gasteiger partial charge < -0.3 is 128 Å². The summed E-state index contributed by atoms with van der Waals surface area (Å²) in [5, 5.41) is 119. The second-order valence-corrected chi connectivity index (χ2v) is 39.5. The van der Waals surface area contributed by atoms with Gasteiger partial charge in [0.15, 0.2) is 18.4 Å². The van der Waals surface area contributed by atoms with E-state index in [1.54, 1.807) is 0 Å². The molecule has 12 N–H and O–H groups in total. The summed E-state index contributed by atoms with van der Waals surface area (Å²) in [5.74, 6) is -0.870. The van der Waals surface area contributed by atoms with Crippen LogP contribution >= 0.6 is 0 Å². The lowest BCUT2D eigenvalue weighted by Crippen LogP contribution is -2.35. The number of ketones is 1. The third-order valence-corrected chi connectivity index (χ3v) is 27.5. The summed E-state index contributed by atoms with van der Waals surface area (Å²) < 4.78 is 71.4. The number of esters is 9. The van der Waals surface area contributed by atoms with Crippen LogP contribution in [0.25, 0.3) is 0 Å². The van der Waals surface area contributed by atoms with Crippen LogP contribution in [0.3, 0.4) is 0 Å². The molecule has 0 spiro atoms. The number of carbonyl (C=O) groups excluding carboxylic acids is 10. The van der Waals surface area contributed by atoms with Crippen LogP contribution < -0.4 is 0 Å². The van der Waals surface area contributed by atoms with Gasteiger partial charge in [0.05, 0.1) is 156 Å². The molecule has 0 aromatic carbocycles. The highest BCUT2D eigenvalue weighted by Gasteiger charge is 2.36. The van der Waals surface area contributed by atoms with Crippen molar-refractivity contribution < 1.29 is 176 Å². The van der Waals surface area contributed by atoms with Gasteiger partial charge in [0.25, 0.3) is 0 Å². The van der Waals surface area contributed by atoms with E-state index in [2.05, 4.69) is 9.47 Å². The minimum Gasteiger partial charge on any atom is -0.465 e. The highest BCUT2D eigenvalue weighted by molar-refractivity contribution is 5.84. The Morgan fingerprint density at radius 1 is 0.257 bits per heavy atom. The maximum atomic E-state index is 11.4. The van der Waals surface area contributed by atoms with Crippen molar-refractivity contribution in [3.63, 3.8) is 0 Å². The lowest BCUT2D eigenvalue weighted by molar-refractivity contribution is -0.171. The third kappa shape index (κ3) is 52.8. The zero-order valence-electron chi connectivity index (χ0n) is 80.7. The highest BCUT2D eigenvalue weighted by Crippen LogP contribution is 2.32. The van der Waals surface area contributed by atoms with Crippen molar-refractivity contribution >= 4 is 59.5 Å². The Kier molecular flexibility index (Phi) is 58.9. The fraction of sp³-hybridized carbons (Fsp3) is 0.900. The lowest BCUT2D eigenvalue weighted by Gasteiger charge is -2.26. The van der Waals surface area contributed by atoms with Crippen molar-refractivity contribution in [1.82, 2.24) is 0 Å². The largest absolute Gasteiger partial charge is 0.465 e. The molecule has 12 fully saturated rings. The molecular formula is C100H168O36. The molecule has 24 atom stereocenters. The standard InChI is InChI=1S/C19H36O6.3C17H28O6.2C15H24O6/c20-16(10-14-24-18-8-1-3-12-22-18)6-5-7-17(21)11-15-25-19-9-2-4-13-23-19;18-14(6-4-12-8-16(20)22-10-12)2-1-3-15(19)7-5-13-9-17(21)23-11-13;18-12(4-6-14-8-10-16(20)22-14)2-1-3-13(19)5-7-15-9-11-17(21)23-15;18-14(6-4-12-8-9-23-17(12)21)2-1-3-15(19)7-5-13-10-22-11-16(13)20;16-12(6-4-10-8-20-14(10)18)2-1-3-13(17)7-5-11-9-21-15(11)19;16-10(4-6-12-8-14(18)20-12)2-1-3-11(17)5-7-13-9-15(19)21-13/h16-21H,1-15H2;3*12-15,18-19H,1-11H2;2*10-13,16-17H,1-9H2. The average molecular weight is 1950 g/mol. The van der Waals surface area contributed by atoms with Crippen molar-refractivity contribution in [1.29, 1.82) is 0 Å². The van der Waals surface area contributed by atoms with Gasteiger partial charge in [0, 0.05) is 43.8 Å². The van der Waals surface area contributed by atoms with Gasteiger partial charge in [-0.2, -0.15) is 0 Å². The maximum absolute atomic E-state index is 11.4. The monoisotopic (exact) mass is 1950 g/mol. The van der Waals surface area contributed by atoms with Crippen molar-refractivity contribution in [2.75, 3.05) is 72.7 Å². The first kappa shape index (κ1) is 117. The SMILES string of the molecule is O=C1CC(CCC(O)CCCC(O)CCC2CC(=O)O2)O1.O=C1CC(CCC(O)CCCC(O)CCC2COC(=O)C2)CO1.O=C1CCC(CCC(O)CCCC(O)CCC2CCC(=O)O2)O1.O=C1COCC1CCC(O)CCCC(O)CCC1CCOC1=O.O=C1OCC1CCC(O)CCCC(O)CCC1COC1=O.OC(CCCC(O)CCOC1CCCCO1)CCOC1CCCCO1. The van der Waals surface area contributed by atoms with Crippen LogP contribution in [-0.4, -0.2) is 304 Å². The molecule has 0 aromatic rings. The molecule has 0 aromatic heterocycles. The number of carbonyl (C=O) groups is 10. The van der Waals surface area contributed by atoms with E-state index < -0.39 is 48.8 Å². The van der Waals surface area contributed by atoms with Gasteiger partial charge >= 0.3 is 53.7 Å². The van der Waals surface area contributed by atoms with Crippen molar-refractivity contribution in [2.24, 2.45) is 35.5 Å². The zero-order chi connectivity index (χ0) is 98.2. The van der Waals surface area contributed by atoms with Gasteiger partial charge in [-0.15, -0.1) is 0 Å². The van der Waals surface area contributed by atoms with E-state index in [0.29, 0.717) is 297 Å². The van der Waals surface area contributed by atoms with Crippen LogP contribution in [0.15, 0.2) is 0 Å². The third-order valence-electron chi connectivity index (χ3n) is 27.5. The quantitative estimate of drug-likeness (QED) is 0.0199. The van der Waals surface area contributed by atoms with Crippen molar-refractivity contribution in [2.45, 2.75) is 463 Å². The Hall–Kier alpha value is -5.78. The molecule has 12 aliphatic rings. The minimum absolute atomic E-state index is 0.0112. The molecule has 12 heterocycles. The van der Waals surface area contributed by atoms with Crippen LogP contribution in [0, 0.1) is 35.5 Å². The zero-order valence-corrected chi connectivity index (χ0v) is 80.7. The Balaban J connectivity index is 0.000000223. The van der Waals surface area contributed by atoms with Crippen LogP contribution in [-0.2, 0) is 114 Å². The van der Waals surface area contributed by atoms with Gasteiger partial charge in [-0.05, 0) is 315 Å². The summed E-state index contributed by atoms with van der Waals surface area (Å²) in [6, 6.07) is 0. The maximum Gasteiger partial charge on any atom is 0.312 e. The fourth-order valence-electron chi connectivity index (χ4n) is 18.2. The number of hydrogen-bond acceptors (Lipinski definition) is 36. The van der Waals surface area contributed by atoms with E-state index in [1.165, 1.54) is 0 Å². The normalized spacial score (nSPS) is 27.1. The van der Waals surface area contributed by atoms with Gasteiger partial charge in [0.2, 0.25) is 0 Å². The molecule has 0 bridgehead atoms. The van der Waals surface area contributed by atoms with Gasteiger partial charge in [-0.25, -0.2) is 0 Å². The van der Waals surface area contributed by atoms with Crippen LogP contribution in [0.1, 0.15) is 353 Å². The van der Waals surface area contributed by atoms with Crippen LogP contribution in [0.4, 0.5) is 0 Å². The Bertz CT molecular complexity index is 3040. The molecule has 0 saturated carbocycles. The predicted molar refractivity (Wildman–Crippen MR) is 488 cm³/mol. The topological polar surface area (TPSA) is 543 Å². The molecule has 136 heavy (non-hydrogen) atoms. The second kappa shape index (κ2) is 68.4. The van der Waals surface area contributed by atoms with E-state index in [9.17, 15) is 109 Å². The lowest BCUT2D eigenvalue weighted by atomic mass is 9.94. The van der Waals surface area contributed by atoms with Crippen molar-refractivity contribution in [3.8, 4) is 0 Å². The van der Waals surface area contributed by atoms with Crippen molar-refractivity contribution in [3.05, 3.63) is 0 Å². The number of cyclic esters (lactones) is 9. The minimum atomic E-state index is -0.430. The first-order valence-electron chi connectivity index (χ1n) is 51.8. The summed E-state index contributed by atoms with van der Waals surface area (Å²) in [7, 11) is 0. The van der Waals surface area contributed by atoms with E-state index in [4.69, 9.17) is 56.8 Å². The molecule has 24 unspecified atom stereocenters. The Labute approximate surface area is 803 Å². The number of aliphatic hydroxyl groups excluding tert-OH is 12. The molecule has 36 heteroatoms. The summed E-state index contributed by atoms with van der Waals surface area (Å²) >= 11 is 0. The highest BCUT2D eigenvalue weighted by atomic mass is 16.7. The molecule has 36 nitrogen and oxygen atoms in total. The van der Waals surface area contributed by atoms with E-state index in [-0.39, 0.29) is 163 Å². The van der Waals surface area contributed by atoms with E-state index in [1.807, 2.05) is 0 Å². The number of ether oxygens (including phenoxy) is 14. The second-order valence-electron chi connectivity index (χ2n) is 39.5. The number of aliphatic hydroxyl groups is 12. The first-order valence-corrected chi connectivity index (χ1v) is 51.8. The van der Waals surface area contributed by atoms with Gasteiger partial charge in [0.1, 0.15) is 44.2 Å². The molecule has 784 valence electrons. The number of Topliss-reactive ketones (excluding diaryl/α,β-unsaturated/α-hetero) is 1. The summed E-state index contributed by atoms with van der Waals surface area (Å²) in [6.07, 6.45) is 33.6. The molecule has 12 aliphatic heterocycles. The molecule has 0 amide bonds. The molecule has 0 radical (unpaired) electrons. The fourth-order valence-corrected chi connectivity index (χ4v) is 18.2. The number of hydrogen-bond donors (Lipinski definition) is 12. The molecule has 12 rings (SSSR count). The predicted octanol–water partition coefficient (Wildman–Crippen LogP) is 9.23. The molecular weight excluding hydrogens is 1780 g/mol. The smallest absolute Gasteiger partial charge is 0.312 e. The van der Waals surface area contributed by atoms with E-state index in [0.717, 1.165) is 122 Å². The van der Waals surface area contributed by atoms with Gasteiger partial charge in [-0.1, -0.05) is 0 Å². The Morgan fingerprint density at radius 2 is 0.566 bits per heavy atom. The van der Waals surface area contributed by atoms with Crippen LogP contribution in [0.2, 0.25) is 0 Å². The first-order chi connectivity index (χ1) is 65.4. The average Bonchev–Trinajstić information content (AvgIpc) is 0.979. The number of rotatable bonds is 62. The molecule has 0 aliphatic carbocycles. The summed E-state index contributed by atoms with van der Waals surface area (Å²) in [4.78, 5) is 110. The summed E-state index contributed by atoms with van der Waals surface area (Å²) in [6.45, 7) is 5.74. The van der Waals surface area contributed by atoms with Gasteiger partial charge in [-0.3, -0.25) is 47.9 Å². The summed E-state index contributed by atoms with van der Waals surface area (Å²) in [5.41, 5.74) is 0. The molecule has 12 saturated heterocycles.